The van der Waals surface area contributed by atoms with E-state index in [0.29, 0.717) is 5.56 Å². The van der Waals surface area contributed by atoms with Crippen molar-refractivity contribution in [2.75, 3.05) is 7.11 Å². The summed E-state index contributed by atoms with van der Waals surface area (Å²) in [5.74, 6) is 0.792. The Morgan fingerprint density at radius 1 is 1.40 bits per heavy atom. The van der Waals surface area contributed by atoms with Crippen molar-refractivity contribution in [3.8, 4) is 11.8 Å². The second-order valence-corrected chi connectivity index (χ2v) is 3.41. The lowest BCUT2D eigenvalue weighted by atomic mass is 10.1. The number of methoxy groups -OCH3 is 1. The van der Waals surface area contributed by atoms with E-state index in [9.17, 15) is 0 Å². The van der Waals surface area contributed by atoms with Crippen molar-refractivity contribution in [1.29, 1.82) is 5.26 Å². The molecule has 0 atom stereocenters. The summed E-state index contributed by atoms with van der Waals surface area (Å²) in [5.41, 5.74) is 3.50. The second-order valence-electron chi connectivity index (χ2n) is 3.41. The Balaban J connectivity index is 2.87. The summed E-state index contributed by atoms with van der Waals surface area (Å²) in [7, 11) is 1.63. The van der Waals surface area contributed by atoms with Gasteiger partial charge >= 0.3 is 0 Å². The van der Waals surface area contributed by atoms with Crippen LogP contribution < -0.4 is 4.74 Å². The molecule has 2 aromatic heterocycles. The predicted molar refractivity (Wildman–Crippen MR) is 55.9 cm³/mol. The van der Waals surface area contributed by atoms with Gasteiger partial charge in [0.15, 0.2) is 0 Å². The lowest BCUT2D eigenvalue weighted by Crippen LogP contribution is -1.95. The van der Waals surface area contributed by atoms with Gasteiger partial charge in [0.05, 0.1) is 30.6 Å². The van der Waals surface area contributed by atoms with Crippen LogP contribution in [0.15, 0.2) is 12.4 Å². The summed E-state index contributed by atoms with van der Waals surface area (Å²) in [4.78, 5) is 0. The molecule has 0 aliphatic rings. The largest absolute Gasteiger partial charge is 0.495 e. The minimum Gasteiger partial charge on any atom is -0.495 e. The maximum atomic E-state index is 8.90. The molecular weight excluding hydrogens is 190 g/mol. The molecule has 0 amide bonds. The van der Waals surface area contributed by atoms with Crippen LogP contribution >= 0.6 is 0 Å². The van der Waals surface area contributed by atoms with Gasteiger partial charge in [-0.05, 0) is 19.4 Å². The number of ether oxygens (including phenoxy) is 1. The summed E-state index contributed by atoms with van der Waals surface area (Å²) in [6.45, 7) is 3.88. The Bertz CT molecular complexity index is 563. The van der Waals surface area contributed by atoms with Gasteiger partial charge < -0.3 is 4.74 Å². The summed E-state index contributed by atoms with van der Waals surface area (Å²) in [5, 5.41) is 13.1. The molecule has 0 radical (unpaired) electrons. The van der Waals surface area contributed by atoms with Crippen LogP contribution in [0.2, 0.25) is 0 Å². The molecule has 4 heteroatoms. The fourth-order valence-corrected chi connectivity index (χ4v) is 1.77. The van der Waals surface area contributed by atoms with Gasteiger partial charge in [0.1, 0.15) is 11.8 Å². The van der Waals surface area contributed by atoms with E-state index in [2.05, 4.69) is 11.2 Å². The Kier molecular flexibility index (Phi) is 2.09. The highest BCUT2D eigenvalue weighted by Crippen LogP contribution is 2.26. The Labute approximate surface area is 87.7 Å². The van der Waals surface area contributed by atoms with Crippen LogP contribution in [0.25, 0.3) is 5.52 Å². The molecular formula is C11H11N3O. The van der Waals surface area contributed by atoms with Crippen molar-refractivity contribution in [1.82, 2.24) is 9.61 Å². The molecule has 0 saturated heterocycles. The van der Waals surface area contributed by atoms with Crippen molar-refractivity contribution in [2.24, 2.45) is 0 Å². The Morgan fingerprint density at radius 2 is 2.13 bits per heavy atom. The molecule has 2 rings (SSSR count). The highest BCUT2D eigenvalue weighted by atomic mass is 16.5. The number of rotatable bonds is 1. The molecule has 2 heterocycles. The van der Waals surface area contributed by atoms with Gasteiger partial charge in [0, 0.05) is 5.56 Å². The smallest absolute Gasteiger partial charge is 0.142 e. The SMILES string of the molecule is COc1cn2ncc(C#N)c(C)c2c1C. The average Bonchev–Trinajstić information content (AvgIpc) is 2.57. The van der Waals surface area contributed by atoms with Gasteiger partial charge in [-0.25, -0.2) is 4.52 Å². The molecule has 0 fully saturated rings. The average molecular weight is 201 g/mol. The Morgan fingerprint density at radius 3 is 2.73 bits per heavy atom. The maximum Gasteiger partial charge on any atom is 0.142 e. The van der Waals surface area contributed by atoms with Crippen LogP contribution in [0, 0.1) is 25.2 Å². The summed E-state index contributed by atoms with van der Waals surface area (Å²) < 4.78 is 6.96. The van der Waals surface area contributed by atoms with Gasteiger partial charge in [-0.2, -0.15) is 10.4 Å². The van der Waals surface area contributed by atoms with Crippen molar-refractivity contribution in [3.05, 3.63) is 29.1 Å². The first-order valence-electron chi connectivity index (χ1n) is 4.60. The van der Waals surface area contributed by atoms with Gasteiger partial charge in [-0.3, -0.25) is 0 Å². The minimum atomic E-state index is 0.603. The van der Waals surface area contributed by atoms with E-state index in [4.69, 9.17) is 10.00 Å². The van der Waals surface area contributed by atoms with Crippen molar-refractivity contribution in [2.45, 2.75) is 13.8 Å². The molecule has 0 aliphatic carbocycles. The standard InChI is InChI=1S/C11H11N3O/c1-7-9(4-12)5-13-14-6-10(15-3)8(2)11(7)14/h5-6H,1-3H3. The summed E-state index contributed by atoms with van der Waals surface area (Å²) in [6, 6.07) is 2.13. The molecule has 0 unspecified atom stereocenters. The van der Waals surface area contributed by atoms with Crippen LogP contribution in [-0.4, -0.2) is 16.7 Å². The monoisotopic (exact) mass is 201 g/mol. The second kappa shape index (κ2) is 3.28. The summed E-state index contributed by atoms with van der Waals surface area (Å²) in [6.07, 6.45) is 3.39. The van der Waals surface area contributed by atoms with E-state index < -0.39 is 0 Å². The summed E-state index contributed by atoms with van der Waals surface area (Å²) >= 11 is 0. The molecule has 0 aliphatic heterocycles. The molecule has 0 bridgehead atoms. The van der Waals surface area contributed by atoms with Crippen LogP contribution in [-0.2, 0) is 0 Å². The highest BCUT2D eigenvalue weighted by molar-refractivity contribution is 5.68. The maximum absolute atomic E-state index is 8.90. The number of aromatic nitrogens is 2. The number of nitrogens with zero attached hydrogens (tertiary/aromatic N) is 3. The number of hydrogen-bond acceptors (Lipinski definition) is 3. The Hall–Kier alpha value is -2.02. The highest BCUT2D eigenvalue weighted by Gasteiger charge is 2.12. The number of aryl methyl sites for hydroxylation is 2. The number of fused-ring (bicyclic) bond motifs is 1. The van der Waals surface area contributed by atoms with E-state index in [1.165, 1.54) is 0 Å². The first kappa shape index (κ1) is 9.53. The number of hydrogen-bond donors (Lipinski definition) is 0. The third-order valence-electron chi connectivity index (χ3n) is 2.60. The van der Waals surface area contributed by atoms with Gasteiger partial charge in [0.2, 0.25) is 0 Å². The molecule has 76 valence electrons. The topological polar surface area (TPSA) is 50.3 Å². The molecule has 0 aromatic carbocycles. The fraction of sp³-hybridized carbons (Fsp3) is 0.273. The van der Waals surface area contributed by atoms with Crippen LogP contribution in [0.5, 0.6) is 5.75 Å². The third kappa shape index (κ3) is 1.24. The van der Waals surface area contributed by atoms with Crippen LogP contribution in [0.4, 0.5) is 0 Å². The van der Waals surface area contributed by atoms with Crippen molar-refractivity contribution in [3.63, 3.8) is 0 Å². The third-order valence-corrected chi connectivity index (χ3v) is 2.60. The molecule has 4 nitrogen and oxygen atoms in total. The van der Waals surface area contributed by atoms with Crippen molar-refractivity contribution >= 4 is 5.52 Å². The minimum absolute atomic E-state index is 0.603. The zero-order chi connectivity index (χ0) is 11.0. The van der Waals surface area contributed by atoms with Gasteiger partial charge in [0.25, 0.3) is 0 Å². The first-order valence-corrected chi connectivity index (χ1v) is 4.60. The van der Waals surface area contributed by atoms with Gasteiger partial charge in [-0.1, -0.05) is 0 Å². The van der Waals surface area contributed by atoms with E-state index in [1.807, 2.05) is 20.0 Å². The zero-order valence-corrected chi connectivity index (χ0v) is 8.90. The number of nitriles is 1. The van der Waals surface area contributed by atoms with E-state index in [1.54, 1.807) is 17.8 Å². The molecule has 0 spiro atoms. The zero-order valence-electron chi connectivity index (χ0n) is 8.90. The fourth-order valence-electron chi connectivity index (χ4n) is 1.77. The van der Waals surface area contributed by atoms with Gasteiger partial charge in [-0.15, -0.1) is 0 Å². The van der Waals surface area contributed by atoms with Crippen LogP contribution in [0.3, 0.4) is 0 Å². The molecule has 0 N–H and O–H groups in total. The van der Waals surface area contributed by atoms with E-state index in [-0.39, 0.29) is 0 Å². The normalized spacial score (nSPS) is 10.3. The lowest BCUT2D eigenvalue weighted by molar-refractivity contribution is 0.412. The van der Waals surface area contributed by atoms with Crippen molar-refractivity contribution < 1.29 is 4.74 Å². The van der Waals surface area contributed by atoms with E-state index in [0.717, 1.165) is 22.4 Å². The molecule has 15 heavy (non-hydrogen) atoms. The van der Waals surface area contributed by atoms with E-state index >= 15 is 0 Å². The quantitative estimate of drug-likeness (QED) is 0.707. The molecule has 2 aromatic rings. The first-order chi connectivity index (χ1) is 7.19. The van der Waals surface area contributed by atoms with Crippen LogP contribution in [0.1, 0.15) is 16.7 Å². The predicted octanol–water partition coefficient (Wildman–Crippen LogP) is 1.83. The lowest BCUT2D eigenvalue weighted by Gasteiger charge is -2.01. The molecule has 0 saturated carbocycles.